The molecule has 1 saturated heterocycles. The van der Waals surface area contributed by atoms with Gasteiger partial charge in [0.05, 0.1) is 13.1 Å². The van der Waals surface area contributed by atoms with Crippen molar-refractivity contribution in [2.75, 3.05) is 6.54 Å². The molecule has 88 valence electrons. The molecule has 2 atom stereocenters. The summed E-state index contributed by atoms with van der Waals surface area (Å²) in [5.41, 5.74) is 6.64. The summed E-state index contributed by atoms with van der Waals surface area (Å²) >= 11 is 8.30. The minimum Gasteiger partial charge on any atom is -0.334 e. The highest BCUT2D eigenvalue weighted by atomic mass is 79.9. The first-order chi connectivity index (χ1) is 7.50. The second kappa shape index (κ2) is 4.76. The van der Waals surface area contributed by atoms with Crippen LogP contribution >= 0.6 is 43.2 Å². The van der Waals surface area contributed by atoms with Crippen LogP contribution in [0.4, 0.5) is 0 Å². The van der Waals surface area contributed by atoms with E-state index >= 15 is 0 Å². The summed E-state index contributed by atoms with van der Waals surface area (Å²) in [5.74, 6) is 0.0641. The average Bonchev–Trinajstić information content (AvgIpc) is 2.71. The quantitative estimate of drug-likeness (QED) is 0.829. The van der Waals surface area contributed by atoms with Crippen LogP contribution in [0.3, 0.4) is 0 Å². The largest absolute Gasteiger partial charge is 0.334 e. The van der Waals surface area contributed by atoms with Crippen molar-refractivity contribution < 1.29 is 4.79 Å². The Hall–Kier alpha value is 0.0900. The Morgan fingerprint density at radius 3 is 2.75 bits per heavy atom. The molecule has 2 heterocycles. The van der Waals surface area contributed by atoms with Crippen molar-refractivity contribution >= 4 is 49.1 Å². The fraction of sp³-hybridized carbons (Fsp3) is 0.500. The molecule has 2 N–H and O–H groups in total. The van der Waals surface area contributed by atoms with Gasteiger partial charge in [0.1, 0.15) is 0 Å². The van der Waals surface area contributed by atoms with E-state index in [2.05, 4.69) is 31.9 Å². The molecular formula is C10H12Br2N2OS. The molecule has 0 bridgehead atoms. The van der Waals surface area contributed by atoms with Gasteiger partial charge in [-0.25, -0.2) is 0 Å². The number of hydrogen-bond acceptors (Lipinski definition) is 3. The van der Waals surface area contributed by atoms with Crippen LogP contribution in [-0.4, -0.2) is 29.4 Å². The fourth-order valence-corrected chi connectivity index (χ4v) is 4.67. The lowest BCUT2D eigenvalue weighted by molar-refractivity contribution is 0.0742. The summed E-state index contributed by atoms with van der Waals surface area (Å²) in [4.78, 5) is 14.1. The summed E-state index contributed by atoms with van der Waals surface area (Å²) < 4.78 is 1.83. The Kier molecular flexibility index (Phi) is 3.73. The predicted octanol–water partition coefficient (Wildman–Crippen LogP) is 2.83. The number of rotatable bonds is 1. The molecule has 1 aromatic rings. The molecule has 1 fully saturated rings. The van der Waals surface area contributed by atoms with Crippen molar-refractivity contribution in [2.45, 2.75) is 25.4 Å². The summed E-state index contributed by atoms with van der Waals surface area (Å²) in [6.07, 6.45) is 0.885. The van der Waals surface area contributed by atoms with E-state index in [1.807, 2.05) is 17.9 Å². The van der Waals surface area contributed by atoms with Gasteiger partial charge < -0.3 is 10.6 Å². The minimum atomic E-state index is 0.0641. The number of nitrogens with two attached hydrogens (primary N) is 1. The Balaban J connectivity index is 2.23. The van der Waals surface area contributed by atoms with Crippen molar-refractivity contribution in [3.8, 4) is 0 Å². The van der Waals surface area contributed by atoms with E-state index in [1.165, 1.54) is 11.3 Å². The van der Waals surface area contributed by atoms with Gasteiger partial charge in [-0.15, -0.1) is 11.3 Å². The number of carbonyl (C=O) groups is 1. The summed E-state index contributed by atoms with van der Waals surface area (Å²) in [5, 5.41) is 0. The molecule has 0 spiro atoms. The van der Waals surface area contributed by atoms with Crippen molar-refractivity contribution in [1.82, 2.24) is 4.90 Å². The van der Waals surface area contributed by atoms with Crippen molar-refractivity contribution in [1.29, 1.82) is 0 Å². The molecule has 6 heteroatoms. The van der Waals surface area contributed by atoms with E-state index in [4.69, 9.17) is 5.73 Å². The van der Waals surface area contributed by atoms with Crippen LogP contribution in [0.15, 0.2) is 13.6 Å². The average molecular weight is 368 g/mol. The van der Waals surface area contributed by atoms with Crippen molar-refractivity contribution in [3.05, 3.63) is 19.2 Å². The monoisotopic (exact) mass is 366 g/mol. The maximum Gasteiger partial charge on any atom is 0.256 e. The Morgan fingerprint density at radius 1 is 1.62 bits per heavy atom. The molecule has 0 radical (unpaired) electrons. The topological polar surface area (TPSA) is 46.3 Å². The molecular weight excluding hydrogens is 356 g/mol. The molecule has 1 aliphatic rings. The zero-order valence-electron chi connectivity index (χ0n) is 8.74. The van der Waals surface area contributed by atoms with Gasteiger partial charge in [0, 0.05) is 18.6 Å². The summed E-state index contributed by atoms with van der Waals surface area (Å²) in [6.45, 7) is 2.76. The van der Waals surface area contributed by atoms with E-state index in [-0.39, 0.29) is 18.0 Å². The fourth-order valence-electron chi connectivity index (χ4n) is 1.89. The van der Waals surface area contributed by atoms with Crippen LogP contribution < -0.4 is 5.73 Å². The number of halogens is 2. The Bertz CT molecular complexity index is 421. The van der Waals surface area contributed by atoms with E-state index in [0.29, 0.717) is 0 Å². The molecule has 1 aliphatic heterocycles. The molecule has 2 rings (SSSR count). The Labute approximate surface area is 115 Å². The van der Waals surface area contributed by atoms with Crippen LogP contribution in [0.25, 0.3) is 0 Å². The maximum absolute atomic E-state index is 12.3. The number of likely N-dealkylation sites (tertiary alicyclic amines) is 1. The molecule has 1 amide bonds. The molecule has 0 saturated carbocycles. The van der Waals surface area contributed by atoms with E-state index < -0.39 is 0 Å². The first kappa shape index (κ1) is 12.5. The van der Waals surface area contributed by atoms with Crippen molar-refractivity contribution in [3.63, 3.8) is 0 Å². The van der Waals surface area contributed by atoms with Gasteiger partial charge in [0.25, 0.3) is 5.91 Å². The molecule has 3 nitrogen and oxygen atoms in total. The van der Waals surface area contributed by atoms with E-state index in [9.17, 15) is 4.79 Å². The molecule has 2 unspecified atom stereocenters. The second-order valence-corrected chi connectivity index (χ2v) is 7.68. The highest BCUT2D eigenvalue weighted by Crippen LogP contribution is 2.33. The first-order valence-electron chi connectivity index (χ1n) is 5.02. The highest BCUT2D eigenvalue weighted by molar-refractivity contribution is 9.12. The Morgan fingerprint density at radius 2 is 2.31 bits per heavy atom. The third-order valence-electron chi connectivity index (χ3n) is 2.96. The first-order valence-corrected chi connectivity index (χ1v) is 7.42. The number of nitrogens with zero attached hydrogens (tertiary/aromatic N) is 1. The van der Waals surface area contributed by atoms with Gasteiger partial charge in [-0.1, -0.05) is 0 Å². The van der Waals surface area contributed by atoms with Crippen LogP contribution in [0, 0.1) is 0 Å². The van der Waals surface area contributed by atoms with E-state index in [0.717, 1.165) is 26.1 Å². The van der Waals surface area contributed by atoms with Gasteiger partial charge in [0.15, 0.2) is 0 Å². The number of hydrogen-bond donors (Lipinski definition) is 1. The molecule has 0 aromatic carbocycles. The van der Waals surface area contributed by atoms with Crippen molar-refractivity contribution in [2.24, 2.45) is 5.73 Å². The molecule has 16 heavy (non-hydrogen) atoms. The van der Waals surface area contributed by atoms with Crippen LogP contribution in [0.5, 0.6) is 0 Å². The predicted molar refractivity (Wildman–Crippen MR) is 72.8 cm³/mol. The van der Waals surface area contributed by atoms with Gasteiger partial charge >= 0.3 is 0 Å². The number of amides is 1. The summed E-state index contributed by atoms with van der Waals surface area (Å²) in [6, 6.07) is 2.08. The number of thiophene rings is 1. The molecule has 0 aliphatic carbocycles. The van der Waals surface area contributed by atoms with Crippen LogP contribution in [0.1, 0.15) is 23.7 Å². The van der Waals surface area contributed by atoms with Gasteiger partial charge in [-0.3, -0.25) is 4.79 Å². The summed E-state index contributed by atoms with van der Waals surface area (Å²) in [7, 11) is 0. The minimum absolute atomic E-state index is 0.0641. The van der Waals surface area contributed by atoms with E-state index in [1.54, 1.807) is 0 Å². The third kappa shape index (κ3) is 2.20. The zero-order chi connectivity index (χ0) is 11.9. The normalized spacial score (nSPS) is 25.1. The van der Waals surface area contributed by atoms with Crippen LogP contribution in [0.2, 0.25) is 0 Å². The zero-order valence-corrected chi connectivity index (χ0v) is 12.7. The SMILES string of the molecule is CC1C(N)CCN1C(=O)c1cc(Br)sc1Br. The lowest BCUT2D eigenvalue weighted by Crippen LogP contribution is -2.40. The van der Waals surface area contributed by atoms with Gasteiger partial charge in [0.2, 0.25) is 0 Å². The molecule has 1 aromatic heterocycles. The maximum atomic E-state index is 12.3. The lowest BCUT2D eigenvalue weighted by atomic mass is 10.1. The standard InChI is InChI=1S/C10H12Br2N2OS/c1-5-7(13)2-3-14(5)10(15)6-4-8(11)16-9(6)12/h4-5,7H,2-3,13H2,1H3. The highest BCUT2D eigenvalue weighted by Gasteiger charge is 2.33. The van der Waals surface area contributed by atoms with Crippen LogP contribution in [-0.2, 0) is 0 Å². The van der Waals surface area contributed by atoms with Gasteiger partial charge in [-0.2, -0.15) is 0 Å². The third-order valence-corrected chi connectivity index (χ3v) is 5.30. The number of carbonyl (C=O) groups excluding carboxylic acids is 1. The van der Waals surface area contributed by atoms with Gasteiger partial charge in [-0.05, 0) is 51.3 Å². The smallest absolute Gasteiger partial charge is 0.256 e. The second-order valence-electron chi connectivity index (χ2n) is 3.93. The lowest BCUT2D eigenvalue weighted by Gasteiger charge is -2.22.